The molecule has 11 rings (SSSR count). The second-order valence-corrected chi connectivity index (χ2v) is 13.6. The summed E-state index contributed by atoms with van der Waals surface area (Å²) >= 11 is 0. The van der Waals surface area contributed by atoms with Crippen LogP contribution in [-0.4, -0.2) is 25.1 Å². The summed E-state index contributed by atoms with van der Waals surface area (Å²) in [7, 11) is 0. The van der Waals surface area contributed by atoms with Crippen molar-refractivity contribution < 1.29 is 9.15 Å². The third-order valence-corrected chi connectivity index (χ3v) is 10.6. The number of nitrogens with zero attached hydrogens (tertiary/aromatic N) is 5. The molecule has 0 unspecified atom stereocenters. The quantitative estimate of drug-likeness (QED) is 0.176. The number of rotatable bonds is 5. The summed E-state index contributed by atoms with van der Waals surface area (Å²) in [6.45, 7) is 0. The summed E-state index contributed by atoms with van der Waals surface area (Å²) in [5.41, 5.74) is 9.79. The molecule has 0 radical (unpaired) electrons. The third-order valence-electron chi connectivity index (χ3n) is 10.6. The van der Waals surface area contributed by atoms with Crippen molar-refractivity contribution in [1.29, 1.82) is 0 Å². The molecule has 258 valence electrons. The van der Waals surface area contributed by atoms with E-state index in [1.165, 1.54) is 0 Å². The maximum Gasteiger partial charge on any atom is 0.248 e. The van der Waals surface area contributed by atoms with Gasteiger partial charge in [-0.25, -0.2) is 15.0 Å². The van der Waals surface area contributed by atoms with Crippen LogP contribution in [0.25, 0.3) is 68.2 Å². The molecule has 0 N–H and O–H groups in total. The lowest BCUT2D eigenvalue weighted by atomic mass is 9.65. The monoisotopic (exact) mass is 707 g/mol. The SMILES string of the molecule is c1ccc(-c2nc(-c3ccccc3)nc(-c3cccc4c3C3(c5ccccc5Oc5ccccc53)c3cccc(-c5nnc(-c6ccccc6)o5)c3-4)n2)cc1. The van der Waals surface area contributed by atoms with Crippen molar-refractivity contribution in [2.75, 3.05) is 0 Å². The number of para-hydroxylation sites is 2. The van der Waals surface area contributed by atoms with Gasteiger partial charge in [-0.05, 0) is 52.6 Å². The smallest absolute Gasteiger partial charge is 0.248 e. The van der Waals surface area contributed by atoms with E-state index in [4.69, 9.17) is 24.1 Å². The number of hydrogen-bond acceptors (Lipinski definition) is 7. The normalized spacial score (nSPS) is 13.0. The first-order valence-corrected chi connectivity index (χ1v) is 18.2. The van der Waals surface area contributed by atoms with Crippen LogP contribution in [0.3, 0.4) is 0 Å². The van der Waals surface area contributed by atoms with Gasteiger partial charge in [0.1, 0.15) is 11.5 Å². The molecule has 9 aromatic rings. The molecule has 7 aromatic carbocycles. The zero-order valence-corrected chi connectivity index (χ0v) is 29.3. The Labute approximate surface area is 316 Å². The van der Waals surface area contributed by atoms with Gasteiger partial charge in [0.2, 0.25) is 11.8 Å². The van der Waals surface area contributed by atoms with Gasteiger partial charge in [-0.15, -0.1) is 10.2 Å². The number of ether oxygens (including phenoxy) is 1. The van der Waals surface area contributed by atoms with E-state index in [2.05, 4.69) is 70.9 Å². The maximum absolute atomic E-state index is 6.68. The first-order chi connectivity index (χ1) is 27.3. The summed E-state index contributed by atoms with van der Waals surface area (Å²) in [4.78, 5) is 15.5. The molecule has 0 fully saturated rings. The second kappa shape index (κ2) is 12.3. The lowest BCUT2D eigenvalue weighted by Crippen LogP contribution is -2.32. The Morgan fingerprint density at radius 3 is 1.47 bits per heavy atom. The van der Waals surface area contributed by atoms with Crippen molar-refractivity contribution in [3.63, 3.8) is 0 Å². The van der Waals surface area contributed by atoms with Gasteiger partial charge in [0.25, 0.3) is 0 Å². The van der Waals surface area contributed by atoms with Crippen LogP contribution in [0.15, 0.2) is 180 Å². The van der Waals surface area contributed by atoms with Crippen LogP contribution in [0.2, 0.25) is 0 Å². The van der Waals surface area contributed by atoms with E-state index in [0.29, 0.717) is 29.3 Å². The molecule has 1 aliphatic carbocycles. The Balaban J connectivity index is 1.25. The molecule has 55 heavy (non-hydrogen) atoms. The van der Waals surface area contributed by atoms with Crippen LogP contribution < -0.4 is 4.74 Å². The van der Waals surface area contributed by atoms with Crippen molar-refractivity contribution in [2.45, 2.75) is 5.41 Å². The third kappa shape index (κ3) is 4.73. The molecule has 0 saturated carbocycles. The second-order valence-electron chi connectivity index (χ2n) is 13.6. The van der Waals surface area contributed by atoms with Gasteiger partial charge in [-0.1, -0.05) is 146 Å². The van der Waals surface area contributed by atoms with Gasteiger partial charge >= 0.3 is 0 Å². The highest BCUT2D eigenvalue weighted by atomic mass is 16.5. The molecule has 1 aliphatic heterocycles. The molecular formula is C48H29N5O2. The first-order valence-electron chi connectivity index (χ1n) is 18.2. The number of fused-ring (bicyclic) bond motifs is 9. The van der Waals surface area contributed by atoms with Gasteiger partial charge in [0.05, 0.1) is 5.41 Å². The van der Waals surface area contributed by atoms with Gasteiger partial charge in [-0.3, -0.25) is 0 Å². The summed E-state index contributed by atoms with van der Waals surface area (Å²) in [6, 6.07) is 59.4. The summed E-state index contributed by atoms with van der Waals surface area (Å²) in [5, 5.41) is 9.13. The molecule has 1 spiro atoms. The highest BCUT2D eigenvalue weighted by Gasteiger charge is 2.53. The predicted octanol–water partition coefficient (Wildman–Crippen LogP) is 11.1. The average Bonchev–Trinajstić information content (AvgIpc) is 3.87. The first kappa shape index (κ1) is 31.1. The highest BCUT2D eigenvalue weighted by Crippen LogP contribution is 2.64. The minimum atomic E-state index is -0.822. The zero-order chi connectivity index (χ0) is 36.3. The van der Waals surface area contributed by atoms with Crippen LogP contribution in [0.1, 0.15) is 22.3 Å². The molecule has 7 nitrogen and oxygen atoms in total. The van der Waals surface area contributed by atoms with Crippen molar-refractivity contribution >= 4 is 0 Å². The molecular weight excluding hydrogens is 679 g/mol. The minimum absolute atomic E-state index is 0.440. The van der Waals surface area contributed by atoms with Gasteiger partial charge in [-0.2, -0.15) is 0 Å². The van der Waals surface area contributed by atoms with E-state index >= 15 is 0 Å². The van der Waals surface area contributed by atoms with Crippen LogP contribution >= 0.6 is 0 Å². The maximum atomic E-state index is 6.68. The van der Waals surface area contributed by atoms with Crippen LogP contribution in [0, 0.1) is 0 Å². The van der Waals surface area contributed by atoms with E-state index in [9.17, 15) is 0 Å². The van der Waals surface area contributed by atoms with Crippen LogP contribution in [0.5, 0.6) is 11.5 Å². The summed E-state index contributed by atoms with van der Waals surface area (Å²) in [6.07, 6.45) is 0. The molecule has 0 saturated heterocycles. The fourth-order valence-electron chi connectivity index (χ4n) is 8.33. The average molecular weight is 708 g/mol. The lowest BCUT2D eigenvalue weighted by Gasteiger charge is -2.40. The fourth-order valence-corrected chi connectivity index (χ4v) is 8.33. The zero-order valence-electron chi connectivity index (χ0n) is 29.3. The van der Waals surface area contributed by atoms with E-state index in [1.54, 1.807) is 0 Å². The predicted molar refractivity (Wildman–Crippen MR) is 212 cm³/mol. The molecule has 0 atom stereocenters. The Bertz CT molecular complexity index is 2810. The van der Waals surface area contributed by atoms with Crippen molar-refractivity contribution in [1.82, 2.24) is 25.1 Å². The Hall–Kier alpha value is -7.51. The number of hydrogen-bond donors (Lipinski definition) is 0. The summed E-state index contributed by atoms with van der Waals surface area (Å²) < 4.78 is 13.2. The van der Waals surface area contributed by atoms with Crippen molar-refractivity contribution in [3.05, 3.63) is 198 Å². The standard InChI is InChI=1S/C48H29N5O2/c1-4-16-30(17-5-1)43-49-44(31-18-6-2-7-19-31)51-45(50-43)35-24-14-22-33-41-34(47-53-52-46(55-47)32-20-8-3-9-21-32)23-15-27-38(41)48(42(33)35)36-25-10-12-28-39(36)54-40-29-13-11-26-37(40)48/h1-29H. The Kier molecular flexibility index (Phi) is 6.94. The number of aromatic nitrogens is 5. The molecule has 2 aliphatic rings. The molecule has 2 aromatic heterocycles. The van der Waals surface area contributed by atoms with E-state index in [0.717, 1.165) is 72.7 Å². The molecule has 7 heteroatoms. The van der Waals surface area contributed by atoms with Crippen LogP contribution in [-0.2, 0) is 5.41 Å². The topological polar surface area (TPSA) is 86.8 Å². The van der Waals surface area contributed by atoms with Gasteiger partial charge < -0.3 is 9.15 Å². The highest BCUT2D eigenvalue weighted by molar-refractivity contribution is 5.98. The largest absolute Gasteiger partial charge is 0.457 e. The van der Waals surface area contributed by atoms with Crippen molar-refractivity contribution in [2.24, 2.45) is 0 Å². The van der Waals surface area contributed by atoms with Crippen molar-refractivity contribution in [3.8, 4) is 79.7 Å². The van der Waals surface area contributed by atoms with Crippen LogP contribution in [0.4, 0.5) is 0 Å². The van der Waals surface area contributed by atoms with E-state index in [-0.39, 0.29) is 0 Å². The lowest BCUT2D eigenvalue weighted by molar-refractivity contribution is 0.436. The minimum Gasteiger partial charge on any atom is -0.457 e. The Morgan fingerprint density at radius 2 is 0.836 bits per heavy atom. The molecule has 0 bridgehead atoms. The van der Waals surface area contributed by atoms with E-state index < -0.39 is 5.41 Å². The van der Waals surface area contributed by atoms with Gasteiger partial charge in [0.15, 0.2) is 17.5 Å². The molecule has 0 amide bonds. The fraction of sp³-hybridized carbons (Fsp3) is 0.0208. The molecule has 3 heterocycles. The summed E-state index contributed by atoms with van der Waals surface area (Å²) in [5.74, 6) is 4.24. The number of benzene rings is 7. The Morgan fingerprint density at radius 1 is 0.364 bits per heavy atom. The van der Waals surface area contributed by atoms with E-state index in [1.807, 2.05) is 115 Å². The van der Waals surface area contributed by atoms with Gasteiger partial charge in [0, 0.05) is 38.9 Å².